The minimum absolute atomic E-state index is 0.237. The van der Waals surface area contributed by atoms with Gasteiger partial charge in [-0.25, -0.2) is 8.42 Å². The fourth-order valence-electron chi connectivity index (χ4n) is 3.71. The second kappa shape index (κ2) is 5.79. The number of benzene rings is 1. The summed E-state index contributed by atoms with van der Waals surface area (Å²) in [6, 6.07) is 5.09. The van der Waals surface area contributed by atoms with Crippen LogP contribution in [0.4, 0.5) is 27.6 Å². The van der Waals surface area contributed by atoms with Crippen molar-refractivity contribution in [3.8, 4) is 0 Å². The zero-order chi connectivity index (χ0) is 20.3. The van der Waals surface area contributed by atoms with Crippen LogP contribution in [0.1, 0.15) is 43.0 Å². The molecule has 3 aliphatic carbocycles. The summed E-state index contributed by atoms with van der Waals surface area (Å²) in [5.74, 6) is -0.816. The van der Waals surface area contributed by atoms with Gasteiger partial charge in [0.25, 0.3) is 15.9 Å². The molecule has 2 bridgehead atoms. The molecule has 0 spiro atoms. The third kappa shape index (κ3) is 3.05. The van der Waals surface area contributed by atoms with E-state index < -0.39 is 44.7 Å². The van der Waals surface area contributed by atoms with Gasteiger partial charge in [-0.05, 0) is 31.4 Å². The van der Waals surface area contributed by atoms with E-state index in [1.807, 2.05) is 0 Å². The molecule has 150 valence electrons. The summed E-state index contributed by atoms with van der Waals surface area (Å²) in [5, 5.41) is -1.55. The normalized spacial score (nSPS) is 27.3. The van der Waals surface area contributed by atoms with Crippen molar-refractivity contribution >= 4 is 21.6 Å². The topological polar surface area (TPSA) is 75.3 Å². The Labute approximate surface area is 152 Å². The molecule has 11 heteroatoms. The van der Waals surface area contributed by atoms with Gasteiger partial charge in [0, 0.05) is 12.0 Å². The lowest BCUT2D eigenvalue weighted by Gasteiger charge is -2.70. The molecule has 0 aromatic heterocycles. The Kier molecular flexibility index (Phi) is 4.26. The van der Waals surface area contributed by atoms with E-state index in [1.54, 1.807) is 4.72 Å². The first-order valence-electron chi connectivity index (χ1n) is 8.15. The van der Waals surface area contributed by atoms with Crippen LogP contribution >= 0.6 is 0 Å². The molecule has 0 unspecified atom stereocenters. The van der Waals surface area contributed by atoms with E-state index in [0.29, 0.717) is 0 Å². The third-order valence-corrected chi connectivity index (χ3v) is 6.79. The zero-order valence-electron chi connectivity index (χ0n) is 14.2. The third-order valence-electron chi connectivity index (χ3n) is 5.23. The Hall–Kier alpha value is -1.91. The highest BCUT2D eigenvalue weighted by Crippen LogP contribution is 2.73. The summed E-state index contributed by atoms with van der Waals surface area (Å²) in [7, 11) is -5.09. The Balaban J connectivity index is 1.75. The summed E-state index contributed by atoms with van der Waals surface area (Å²) >= 11 is 0. The molecule has 1 amide bonds. The number of alkyl halides is 5. The number of nitrogens with one attached hydrogen (secondary N) is 2. The van der Waals surface area contributed by atoms with Gasteiger partial charge >= 0.3 is 11.4 Å². The summed E-state index contributed by atoms with van der Waals surface area (Å²) < 4.78 is 91.2. The van der Waals surface area contributed by atoms with Gasteiger partial charge in [0.1, 0.15) is 0 Å². The maximum atomic E-state index is 13.6. The van der Waals surface area contributed by atoms with Gasteiger partial charge in [0.2, 0.25) is 0 Å². The predicted octanol–water partition coefficient (Wildman–Crippen LogP) is 3.65. The number of carbonyl (C=O) groups excluding carboxylic acids is 1. The summed E-state index contributed by atoms with van der Waals surface area (Å²) in [6.45, 7) is 0.997. The number of carbonyl (C=O) groups is 1. The van der Waals surface area contributed by atoms with E-state index in [1.165, 1.54) is 18.2 Å². The monoisotopic (exact) mass is 412 g/mol. The van der Waals surface area contributed by atoms with Crippen molar-refractivity contribution in [2.24, 2.45) is 5.41 Å². The van der Waals surface area contributed by atoms with E-state index in [4.69, 9.17) is 0 Å². The highest BCUT2D eigenvalue weighted by molar-refractivity contribution is 7.93. The molecule has 0 aliphatic heterocycles. The molecule has 2 N–H and O–H groups in total. The Morgan fingerprint density at radius 1 is 1.11 bits per heavy atom. The van der Waals surface area contributed by atoms with Crippen molar-refractivity contribution in [3.63, 3.8) is 0 Å². The van der Waals surface area contributed by atoms with E-state index in [9.17, 15) is 35.2 Å². The highest BCUT2D eigenvalue weighted by Gasteiger charge is 2.79. The van der Waals surface area contributed by atoms with E-state index in [-0.39, 0.29) is 30.5 Å². The lowest BCUT2D eigenvalue weighted by Crippen LogP contribution is -2.78. The van der Waals surface area contributed by atoms with Crippen LogP contribution in [-0.4, -0.2) is 31.3 Å². The lowest BCUT2D eigenvalue weighted by molar-refractivity contribution is -0.336. The second-order valence-electron chi connectivity index (χ2n) is 7.18. The maximum absolute atomic E-state index is 13.6. The standard InChI is InChI=1S/C16H17F5N2O3S/c1-2-15(17,18)27(25,26)23-11-6-4-3-5-10(11)12(24)22-14-7-13(8-14,9-14)16(19,20)21/h3-6,23H,2,7-9H2,1H3,(H,22,24). The van der Waals surface area contributed by atoms with Crippen molar-refractivity contribution in [1.82, 2.24) is 5.32 Å². The van der Waals surface area contributed by atoms with E-state index in [2.05, 4.69) is 5.32 Å². The van der Waals surface area contributed by atoms with E-state index in [0.717, 1.165) is 13.0 Å². The second-order valence-corrected chi connectivity index (χ2v) is 8.99. The number of sulfonamides is 1. The SMILES string of the molecule is CCC(F)(F)S(=O)(=O)Nc1ccccc1C(=O)NC12CC(C(F)(F)F)(C1)C2. The number of amides is 1. The van der Waals surface area contributed by atoms with Gasteiger partial charge in [0.05, 0.1) is 16.7 Å². The molecular formula is C16H17F5N2O3S. The molecule has 4 rings (SSSR count). The zero-order valence-corrected chi connectivity index (χ0v) is 15.0. The van der Waals surface area contributed by atoms with Gasteiger partial charge < -0.3 is 5.32 Å². The average molecular weight is 412 g/mol. The summed E-state index contributed by atoms with van der Waals surface area (Å²) in [4.78, 5) is 12.4. The molecule has 3 saturated carbocycles. The molecule has 0 saturated heterocycles. The van der Waals surface area contributed by atoms with Crippen LogP contribution in [0.25, 0.3) is 0 Å². The Morgan fingerprint density at radius 3 is 2.19 bits per heavy atom. The molecule has 0 heterocycles. The van der Waals surface area contributed by atoms with Crippen molar-refractivity contribution in [3.05, 3.63) is 29.8 Å². The van der Waals surface area contributed by atoms with Crippen LogP contribution in [0.5, 0.6) is 0 Å². The van der Waals surface area contributed by atoms with Crippen molar-refractivity contribution < 1.29 is 35.2 Å². The fraction of sp³-hybridized carbons (Fsp3) is 0.562. The molecular weight excluding hydrogens is 395 g/mol. The van der Waals surface area contributed by atoms with Gasteiger partial charge in [-0.3, -0.25) is 9.52 Å². The fourth-order valence-corrected chi connectivity index (χ4v) is 4.71. The largest absolute Gasteiger partial charge is 0.394 e. The van der Waals surface area contributed by atoms with Gasteiger partial charge in [-0.15, -0.1) is 0 Å². The molecule has 5 nitrogen and oxygen atoms in total. The smallest absolute Gasteiger partial charge is 0.346 e. The van der Waals surface area contributed by atoms with Crippen LogP contribution in [0.15, 0.2) is 24.3 Å². The van der Waals surface area contributed by atoms with Crippen molar-refractivity contribution in [1.29, 1.82) is 0 Å². The number of para-hydroxylation sites is 1. The molecule has 27 heavy (non-hydrogen) atoms. The van der Waals surface area contributed by atoms with Crippen LogP contribution in [-0.2, 0) is 10.0 Å². The molecule has 1 aromatic rings. The van der Waals surface area contributed by atoms with Crippen LogP contribution in [0.3, 0.4) is 0 Å². The van der Waals surface area contributed by atoms with E-state index >= 15 is 0 Å². The molecule has 0 radical (unpaired) electrons. The minimum atomic E-state index is -5.09. The molecule has 3 aliphatic rings. The van der Waals surface area contributed by atoms with Gasteiger partial charge in [0.15, 0.2) is 0 Å². The predicted molar refractivity (Wildman–Crippen MR) is 86.8 cm³/mol. The quantitative estimate of drug-likeness (QED) is 0.701. The van der Waals surface area contributed by atoms with Crippen LogP contribution < -0.4 is 10.0 Å². The number of halogens is 5. The number of anilines is 1. The number of hydrogen-bond acceptors (Lipinski definition) is 3. The first-order chi connectivity index (χ1) is 12.3. The molecule has 3 fully saturated rings. The summed E-state index contributed by atoms with van der Waals surface area (Å²) in [6.07, 6.45) is -6.01. The highest BCUT2D eigenvalue weighted by atomic mass is 32.2. The van der Waals surface area contributed by atoms with Gasteiger partial charge in [-0.2, -0.15) is 22.0 Å². The minimum Gasteiger partial charge on any atom is -0.346 e. The first kappa shape index (κ1) is 19.8. The number of rotatable bonds is 6. The molecule has 0 atom stereocenters. The van der Waals surface area contributed by atoms with Crippen molar-refractivity contribution in [2.45, 2.75) is 49.6 Å². The van der Waals surface area contributed by atoms with Crippen LogP contribution in [0.2, 0.25) is 0 Å². The van der Waals surface area contributed by atoms with Gasteiger partial charge in [-0.1, -0.05) is 19.1 Å². The first-order valence-corrected chi connectivity index (χ1v) is 9.63. The van der Waals surface area contributed by atoms with Crippen LogP contribution in [0, 0.1) is 5.41 Å². The summed E-state index contributed by atoms with van der Waals surface area (Å²) in [5.41, 5.74) is -3.34. The Morgan fingerprint density at radius 2 is 1.67 bits per heavy atom. The lowest BCUT2D eigenvalue weighted by atomic mass is 9.39. The maximum Gasteiger partial charge on any atom is 0.394 e. The van der Waals surface area contributed by atoms with Crippen molar-refractivity contribution in [2.75, 3.05) is 4.72 Å². The molecule has 1 aromatic carbocycles. The average Bonchev–Trinajstić information content (AvgIpc) is 2.47. The Bertz CT molecular complexity index is 863. The number of hydrogen-bond donors (Lipinski definition) is 2.